The second-order valence-electron chi connectivity index (χ2n) is 7.57. The van der Waals surface area contributed by atoms with Gasteiger partial charge in [-0.05, 0) is 38.6 Å². The lowest BCUT2D eigenvalue weighted by molar-refractivity contribution is 0.0815. The summed E-state index contributed by atoms with van der Waals surface area (Å²) in [5, 5.41) is 3.60. The van der Waals surface area contributed by atoms with Gasteiger partial charge in [0.1, 0.15) is 0 Å². The van der Waals surface area contributed by atoms with E-state index in [4.69, 9.17) is 0 Å². The SMILES string of the molecule is CNC1CCCCCC1CN1CCN(C2CCCC2)CC1. The number of nitrogens with one attached hydrogen (secondary N) is 1. The molecule has 2 saturated carbocycles. The molecule has 0 aromatic carbocycles. The van der Waals surface area contributed by atoms with E-state index in [0.29, 0.717) is 0 Å². The number of piperazine rings is 1. The Balaban J connectivity index is 1.45. The van der Waals surface area contributed by atoms with Gasteiger partial charge >= 0.3 is 0 Å². The monoisotopic (exact) mass is 293 g/mol. The van der Waals surface area contributed by atoms with Gasteiger partial charge in [0.05, 0.1) is 0 Å². The van der Waals surface area contributed by atoms with Crippen LogP contribution in [0, 0.1) is 5.92 Å². The van der Waals surface area contributed by atoms with Crippen molar-refractivity contribution in [3.63, 3.8) is 0 Å². The Hall–Kier alpha value is -0.120. The number of nitrogens with zero attached hydrogens (tertiary/aromatic N) is 2. The van der Waals surface area contributed by atoms with Crippen molar-refractivity contribution in [3.8, 4) is 0 Å². The third kappa shape index (κ3) is 4.20. The molecule has 1 saturated heterocycles. The van der Waals surface area contributed by atoms with E-state index in [1.165, 1.54) is 90.5 Å². The second-order valence-corrected chi connectivity index (χ2v) is 7.57. The first kappa shape index (κ1) is 15.8. The van der Waals surface area contributed by atoms with Crippen LogP contribution in [0.5, 0.6) is 0 Å². The summed E-state index contributed by atoms with van der Waals surface area (Å²) < 4.78 is 0. The molecule has 0 bridgehead atoms. The van der Waals surface area contributed by atoms with Crippen LogP contribution in [0.4, 0.5) is 0 Å². The van der Waals surface area contributed by atoms with Crippen molar-refractivity contribution in [2.45, 2.75) is 69.9 Å². The summed E-state index contributed by atoms with van der Waals surface area (Å²) in [4.78, 5) is 5.54. The molecule has 1 N–H and O–H groups in total. The topological polar surface area (TPSA) is 18.5 Å². The second kappa shape index (κ2) is 7.94. The minimum Gasteiger partial charge on any atom is -0.317 e. The van der Waals surface area contributed by atoms with Gasteiger partial charge in [0, 0.05) is 44.8 Å². The first-order chi connectivity index (χ1) is 10.4. The average molecular weight is 293 g/mol. The van der Waals surface area contributed by atoms with Crippen molar-refractivity contribution in [1.82, 2.24) is 15.1 Å². The zero-order chi connectivity index (χ0) is 14.5. The fourth-order valence-electron chi connectivity index (χ4n) is 4.90. The highest BCUT2D eigenvalue weighted by Crippen LogP contribution is 2.27. The van der Waals surface area contributed by atoms with Gasteiger partial charge in [0.2, 0.25) is 0 Å². The van der Waals surface area contributed by atoms with Gasteiger partial charge in [-0.15, -0.1) is 0 Å². The molecule has 1 heterocycles. The molecule has 3 rings (SSSR count). The molecular formula is C18H35N3. The molecule has 2 atom stereocenters. The fraction of sp³-hybridized carbons (Fsp3) is 1.00. The smallest absolute Gasteiger partial charge is 0.0113 e. The van der Waals surface area contributed by atoms with Crippen LogP contribution < -0.4 is 5.32 Å². The molecule has 0 amide bonds. The summed E-state index contributed by atoms with van der Waals surface area (Å²) >= 11 is 0. The van der Waals surface area contributed by atoms with Crippen LogP contribution in [0.25, 0.3) is 0 Å². The lowest BCUT2D eigenvalue weighted by Gasteiger charge is -2.40. The molecule has 3 fully saturated rings. The molecule has 3 nitrogen and oxygen atoms in total. The molecule has 0 aromatic rings. The standard InChI is InChI=1S/C18H35N3/c1-19-18-10-4-2-3-7-16(18)15-20-11-13-21(14-12-20)17-8-5-6-9-17/h16-19H,2-15H2,1H3. The van der Waals surface area contributed by atoms with Crippen LogP contribution >= 0.6 is 0 Å². The first-order valence-corrected chi connectivity index (χ1v) is 9.50. The number of rotatable bonds is 4. The van der Waals surface area contributed by atoms with E-state index in [9.17, 15) is 0 Å². The van der Waals surface area contributed by atoms with Gasteiger partial charge in [-0.25, -0.2) is 0 Å². The Labute approximate surface area is 131 Å². The summed E-state index contributed by atoms with van der Waals surface area (Å²) in [5.74, 6) is 0.885. The van der Waals surface area contributed by atoms with Crippen LogP contribution in [0.3, 0.4) is 0 Å². The van der Waals surface area contributed by atoms with E-state index in [1.54, 1.807) is 0 Å². The molecular weight excluding hydrogens is 258 g/mol. The Bertz CT molecular complexity index is 293. The molecule has 0 aromatic heterocycles. The predicted molar refractivity (Wildman–Crippen MR) is 89.7 cm³/mol. The molecule has 3 aliphatic rings. The lowest BCUT2D eigenvalue weighted by atomic mass is 9.94. The number of hydrogen-bond donors (Lipinski definition) is 1. The number of hydrogen-bond acceptors (Lipinski definition) is 3. The van der Waals surface area contributed by atoms with E-state index in [2.05, 4.69) is 22.2 Å². The van der Waals surface area contributed by atoms with E-state index < -0.39 is 0 Å². The summed E-state index contributed by atoms with van der Waals surface area (Å²) in [5.41, 5.74) is 0. The van der Waals surface area contributed by atoms with E-state index in [0.717, 1.165) is 18.0 Å². The van der Waals surface area contributed by atoms with Crippen molar-refractivity contribution >= 4 is 0 Å². The van der Waals surface area contributed by atoms with Gasteiger partial charge in [0.25, 0.3) is 0 Å². The Kier molecular flexibility index (Phi) is 5.96. The van der Waals surface area contributed by atoms with Gasteiger partial charge in [-0.2, -0.15) is 0 Å². The first-order valence-electron chi connectivity index (χ1n) is 9.50. The fourth-order valence-corrected chi connectivity index (χ4v) is 4.90. The highest BCUT2D eigenvalue weighted by molar-refractivity contribution is 4.85. The zero-order valence-corrected chi connectivity index (χ0v) is 14.0. The highest BCUT2D eigenvalue weighted by Gasteiger charge is 2.29. The molecule has 2 aliphatic carbocycles. The molecule has 122 valence electrons. The van der Waals surface area contributed by atoms with Crippen molar-refractivity contribution < 1.29 is 0 Å². The molecule has 21 heavy (non-hydrogen) atoms. The predicted octanol–water partition coefficient (Wildman–Crippen LogP) is 2.71. The van der Waals surface area contributed by atoms with Crippen molar-refractivity contribution in [2.24, 2.45) is 5.92 Å². The van der Waals surface area contributed by atoms with Crippen LogP contribution in [-0.2, 0) is 0 Å². The van der Waals surface area contributed by atoms with Gasteiger partial charge in [0.15, 0.2) is 0 Å². The van der Waals surface area contributed by atoms with Crippen molar-refractivity contribution in [2.75, 3.05) is 39.8 Å². The average Bonchev–Trinajstić information content (AvgIpc) is 2.96. The van der Waals surface area contributed by atoms with Crippen LogP contribution in [-0.4, -0.2) is 61.7 Å². The van der Waals surface area contributed by atoms with Crippen LogP contribution in [0.2, 0.25) is 0 Å². The summed E-state index contributed by atoms with van der Waals surface area (Å²) in [6.07, 6.45) is 13.0. The largest absolute Gasteiger partial charge is 0.317 e. The molecule has 0 radical (unpaired) electrons. The third-order valence-electron chi connectivity index (χ3n) is 6.27. The van der Waals surface area contributed by atoms with E-state index in [-0.39, 0.29) is 0 Å². The molecule has 0 spiro atoms. The lowest BCUT2D eigenvalue weighted by Crippen LogP contribution is -2.52. The maximum absolute atomic E-state index is 3.60. The minimum atomic E-state index is 0.764. The van der Waals surface area contributed by atoms with Gasteiger partial charge in [-0.1, -0.05) is 32.1 Å². The summed E-state index contributed by atoms with van der Waals surface area (Å²) in [7, 11) is 2.17. The molecule has 1 aliphatic heterocycles. The summed E-state index contributed by atoms with van der Waals surface area (Å²) in [6, 6.07) is 1.69. The summed E-state index contributed by atoms with van der Waals surface area (Å²) in [6.45, 7) is 6.60. The van der Waals surface area contributed by atoms with Crippen molar-refractivity contribution in [3.05, 3.63) is 0 Å². The Morgan fingerprint density at radius 2 is 1.48 bits per heavy atom. The highest BCUT2D eigenvalue weighted by atomic mass is 15.3. The van der Waals surface area contributed by atoms with E-state index >= 15 is 0 Å². The quantitative estimate of drug-likeness (QED) is 0.804. The van der Waals surface area contributed by atoms with Gasteiger partial charge in [-0.3, -0.25) is 4.90 Å². The maximum atomic E-state index is 3.60. The van der Waals surface area contributed by atoms with E-state index in [1.807, 2.05) is 0 Å². The zero-order valence-electron chi connectivity index (χ0n) is 14.0. The molecule has 3 heteroatoms. The minimum absolute atomic E-state index is 0.764. The molecule has 2 unspecified atom stereocenters. The van der Waals surface area contributed by atoms with Crippen molar-refractivity contribution in [1.29, 1.82) is 0 Å². The Morgan fingerprint density at radius 3 is 2.19 bits per heavy atom. The normalized spacial score (nSPS) is 34.1. The third-order valence-corrected chi connectivity index (χ3v) is 6.27. The maximum Gasteiger partial charge on any atom is 0.0113 e. The van der Waals surface area contributed by atoms with Crippen LogP contribution in [0.15, 0.2) is 0 Å². The van der Waals surface area contributed by atoms with Gasteiger partial charge < -0.3 is 10.2 Å². The van der Waals surface area contributed by atoms with Crippen LogP contribution in [0.1, 0.15) is 57.8 Å². The Morgan fingerprint density at radius 1 is 0.810 bits per heavy atom.